The molecule has 0 heterocycles. The third kappa shape index (κ3) is 4.42. The highest BCUT2D eigenvalue weighted by atomic mass is 15.2. The average Bonchev–Trinajstić information content (AvgIpc) is 2.30. The minimum Gasteiger partial charge on any atom is -0.314 e. The highest BCUT2D eigenvalue weighted by molar-refractivity contribution is 4.82. The number of nitrogens with one attached hydrogen (secondary N) is 1. The van der Waals surface area contributed by atoms with Gasteiger partial charge in [0.2, 0.25) is 0 Å². The van der Waals surface area contributed by atoms with Crippen LogP contribution in [-0.4, -0.2) is 36.6 Å². The molecule has 0 spiro atoms. The number of nitrogens with zero attached hydrogens (tertiary/aromatic N) is 1. The summed E-state index contributed by atoms with van der Waals surface area (Å²) in [6.45, 7) is 10.5. The monoisotopic (exact) mass is 226 g/mol. The number of hydrogen-bond donors (Lipinski definition) is 1. The lowest BCUT2D eigenvalue weighted by Gasteiger charge is -2.37. The summed E-state index contributed by atoms with van der Waals surface area (Å²) in [5, 5.41) is 3.59. The molecular weight excluding hydrogens is 196 g/mol. The third-order valence-corrected chi connectivity index (χ3v) is 3.73. The molecule has 0 aromatic carbocycles. The Hall–Kier alpha value is -0.0800. The van der Waals surface area contributed by atoms with Gasteiger partial charge in [0.1, 0.15) is 0 Å². The van der Waals surface area contributed by atoms with Gasteiger partial charge in [-0.1, -0.05) is 20.8 Å². The molecule has 1 rings (SSSR count). The van der Waals surface area contributed by atoms with Crippen LogP contribution < -0.4 is 5.32 Å². The van der Waals surface area contributed by atoms with Crippen molar-refractivity contribution in [1.29, 1.82) is 0 Å². The Morgan fingerprint density at radius 1 is 0.938 bits per heavy atom. The van der Waals surface area contributed by atoms with Crippen LogP contribution in [0.1, 0.15) is 59.3 Å². The van der Waals surface area contributed by atoms with Crippen molar-refractivity contribution in [3.8, 4) is 0 Å². The van der Waals surface area contributed by atoms with Crippen molar-refractivity contribution in [3.63, 3.8) is 0 Å². The van der Waals surface area contributed by atoms with Crippen LogP contribution in [0.25, 0.3) is 0 Å². The van der Waals surface area contributed by atoms with Gasteiger partial charge in [-0.15, -0.1) is 0 Å². The van der Waals surface area contributed by atoms with Crippen LogP contribution in [0, 0.1) is 0 Å². The molecule has 1 saturated carbocycles. The second-order valence-electron chi connectivity index (χ2n) is 5.10. The molecule has 1 N–H and O–H groups in total. The third-order valence-electron chi connectivity index (χ3n) is 3.73. The van der Waals surface area contributed by atoms with Crippen molar-refractivity contribution in [1.82, 2.24) is 10.2 Å². The van der Waals surface area contributed by atoms with E-state index in [1.807, 2.05) is 0 Å². The fourth-order valence-corrected chi connectivity index (χ4v) is 2.99. The first-order chi connectivity index (χ1) is 7.81. The minimum absolute atomic E-state index is 0.798. The Morgan fingerprint density at radius 2 is 1.50 bits per heavy atom. The molecule has 0 aromatic rings. The summed E-state index contributed by atoms with van der Waals surface area (Å²) in [5.74, 6) is 0. The maximum atomic E-state index is 3.59. The molecule has 16 heavy (non-hydrogen) atoms. The highest BCUT2D eigenvalue weighted by Crippen LogP contribution is 2.23. The standard InChI is InChI=1S/C14H30N2/c1-4-11-16(12-5-2)14-9-7-13(8-10-14)15-6-3/h13-15H,4-12H2,1-3H3. The predicted octanol–water partition coefficient (Wildman–Crippen LogP) is 3.03. The zero-order valence-corrected chi connectivity index (χ0v) is 11.5. The minimum atomic E-state index is 0.798. The molecule has 0 saturated heterocycles. The molecule has 0 bridgehead atoms. The maximum Gasteiger partial charge on any atom is 0.00964 e. The molecule has 0 unspecified atom stereocenters. The largest absolute Gasteiger partial charge is 0.314 e. The Bertz CT molecular complexity index is 156. The van der Waals surface area contributed by atoms with Crippen LogP contribution in [0.4, 0.5) is 0 Å². The van der Waals surface area contributed by atoms with Crippen LogP contribution in [0.2, 0.25) is 0 Å². The first-order valence-electron chi connectivity index (χ1n) is 7.29. The van der Waals surface area contributed by atoms with Crippen molar-refractivity contribution < 1.29 is 0 Å². The van der Waals surface area contributed by atoms with Gasteiger partial charge in [-0.25, -0.2) is 0 Å². The summed E-state index contributed by atoms with van der Waals surface area (Å²) < 4.78 is 0. The van der Waals surface area contributed by atoms with Gasteiger partial charge in [-0.3, -0.25) is 0 Å². The van der Waals surface area contributed by atoms with Gasteiger partial charge in [0.05, 0.1) is 0 Å². The van der Waals surface area contributed by atoms with Crippen LogP contribution in [0.3, 0.4) is 0 Å². The van der Waals surface area contributed by atoms with E-state index in [0.717, 1.165) is 18.6 Å². The Balaban J connectivity index is 2.31. The van der Waals surface area contributed by atoms with Gasteiger partial charge in [0.15, 0.2) is 0 Å². The smallest absolute Gasteiger partial charge is 0.00964 e. The summed E-state index contributed by atoms with van der Waals surface area (Å²) in [5.41, 5.74) is 0. The number of hydrogen-bond acceptors (Lipinski definition) is 2. The van der Waals surface area contributed by atoms with E-state index in [-0.39, 0.29) is 0 Å². The molecule has 0 amide bonds. The first kappa shape index (κ1) is 14.0. The predicted molar refractivity (Wildman–Crippen MR) is 71.9 cm³/mol. The molecule has 1 aliphatic rings. The van der Waals surface area contributed by atoms with E-state index in [1.54, 1.807) is 0 Å². The van der Waals surface area contributed by atoms with Crippen LogP contribution in [0.5, 0.6) is 0 Å². The lowest BCUT2D eigenvalue weighted by atomic mass is 9.90. The lowest BCUT2D eigenvalue weighted by Crippen LogP contribution is -2.43. The van der Waals surface area contributed by atoms with E-state index >= 15 is 0 Å². The van der Waals surface area contributed by atoms with Crippen molar-refractivity contribution >= 4 is 0 Å². The summed E-state index contributed by atoms with van der Waals surface area (Å²) in [6.07, 6.45) is 8.15. The number of rotatable bonds is 7. The molecule has 0 aromatic heterocycles. The Morgan fingerprint density at radius 3 is 1.94 bits per heavy atom. The average molecular weight is 226 g/mol. The highest BCUT2D eigenvalue weighted by Gasteiger charge is 2.24. The summed E-state index contributed by atoms with van der Waals surface area (Å²) >= 11 is 0. The van der Waals surface area contributed by atoms with E-state index < -0.39 is 0 Å². The van der Waals surface area contributed by atoms with Gasteiger partial charge in [0, 0.05) is 12.1 Å². The summed E-state index contributed by atoms with van der Waals surface area (Å²) in [4.78, 5) is 2.72. The molecule has 0 radical (unpaired) electrons. The van der Waals surface area contributed by atoms with Crippen LogP contribution in [0.15, 0.2) is 0 Å². The SMILES string of the molecule is CCCN(CCC)C1CCC(NCC)CC1. The quantitative estimate of drug-likeness (QED) is 0.718. The van der Waals surface area contributed by atoms with Crippen LogP contribution in [-0.2, 0) is 0 Å². The second-order valence-corrected chi connectivity index (χ2v) is 5.10. The second kappa shape index (κ2) is 8.08. The molecule has 1 fully saturated rings. The lowest BCUT2D eigenvalue weighted by molar-refractivity contribution is 0.144. The van der Waals surface area contributed by atoms with E-state index in [4.69, 9.17) is 0 Å². The van der Waals surface area contributed by atoms with Gasteiger partial charge >= 0.3 is 0 Å². The maximum absolute atomic E-state index is 3.59. The molecular formula is C14H30N2. The fourth-order valence-electron chi connectivity index (χ4n) is 2.99. The Labute approximate surface area is 102 Å². The van der Waals surface area contributed by atoms with Gasteiger partial charge in [-0.05, 0) is 58.2 Å². The zero-order chi connectivity index (χ0) is 11.8. The summed E-state index contributed by atoms with van der Waals surface area (Å²) in [6, 6.07) is 1.67. The molecule has 2 heteroatoms. The van der Waals surface area contributed by atoms with Gasteiger partial charge in [-0.2, -0.15) is 0 Å². The van der Waals surface area contributed by atoms with E-state index in [2.05, 4.69) is 31.0 Å². The normalized spacial score (nSPS) is 26.2. The fraction of sp³-hybridized carbons (Fsp3) is 1.00. The van der Waals surface area contributed by atoms with Crippen molar-refractivity contribution in [2.45, 2.75) is 71.4 Å². The topological polar surface area (TPSA) is 15.3 Å². The first-order valence-corrected chi connectivity index (χ1v) is 7.29. The van der Waals surface area contributed by atoms with Gasteiger partial charge in [0.25, 0.3) is 0 Å². The van der Waals surface area contributed by atoms with Crippen LogP contribution >= 0.6 is 0 Å². The molecule has 0 atom stereocenters. The van der Waals surface area contributed by atoms with E-state index in [0.29, 0.717) is 0 Å². The van der Waals surface area contributed by atoms with Gasteiger partial charge < -0.3 is 10.2 Å². The van der Waals surface area contributed by atoms with E-state index in [9.17, 15) is 0 Å². The molecule has 2 nitrogen and oxygen atoms in total. The molecule has 96 valence electrons. The molecule has 1 aliphatic carbocycles. The zero-order valence-electron chi connectivity index (χ0n) is 11.5. The van der Waals surface area contributed by atoms with Crippen molar-refractivity contribution in [2.24, 2.45) is 0 Å². The van der Waals surface area contributed by atoms with Crippen molar-refractivity contribution in [2.75, 3.05) is 19.6 Å². The van der Waals surface area contributed by atoms with Crippen molar-refractivity contribution in [3.05, 3.63) is 0 Å². The molecule has 0 aliphatic heterocycles. The summed E-state index contributed by atoms with van der Waals surface area (Å²) in [7, 11) is 0. The van der Waals surface area contributed by atoms with E-state index in [1.165, 1.54) is 51.6 Å². The Kier molecular flexibility index (Phi) is 7.06.